The van der Waals surface area contributed by atoms with Crippen LogP contribution in [0.15, 0.2) is 30.3 Å². The van der Waals surface area contributed by atoms with Gasteiger partial charge in [-0.2, -0.15) is 9.97 Å². The topological polar surface area (TPSA) is 44.2 Å². The Labute approximate surface area is 139 Å². The van der Waals surface area contributed by atoms with E-state index in [0.717, 1.165) is 5.69 Å². The van der Waals surface area contributed by atoms with E-state index in [2.05, 4.69) is 68.9 Å². The molecule has 0 saturated carbocycles. The van der Waals surface area contributed by atoms with Crippen molar-refractivity contribution in [1.82, 2.24) is 9.97 Å². The van der Waals surface area contributed by atoms with Gasteiger partial charge in [0.25, 0.3) is 0 Å². The summed E-state index contributed by atoms with van der Waals surface area (Å²) in [5, 5.41) is 0. The third-order valence-corrected chi connectivity index (χ3v) is 3.43. The minimum Gasteiger partial charge on any atom is -0.481 e. The third kappa shape index (κ3) is 6.27. The van der Waals surface area contributed by atoms with Gasteiger partial charge < -0.3 is 9.47 Å². The molecule has 23 heavy (non-hydrogen) atoms. The second-order valence-corrected chi connectivity index (χ2v) is 6.04. The van der Waals surface area contributed by atoms with Gasteiger partial charge in [-0.25, -0.2) is 0 Å². The van der Waals surface area contributed by atoms with Crippen molar-refractivity contribution in [2.24, 2.45) is 0 Å². The van der Waals surface area contributed by atoms with Crippen LogP contribution in [0.2, 0.25) is 0 Å². The summed E-state index contributed by atoms with van der Waals surface area (Å²) in [6.45, 7) is 10.7. The number of aromatic nitrogens is 2. The fraction of sp³-hybridized carbons (Fsp3) is 0.474. The van der Waals surface area contributed by atoms with Gasteiger partial charge in [-0.15, -0.1) is 0 Å². The molecule has 0 aliphatic heterocycles. The molecule has 4 heteroatoms. The number of aryl methyl sites for hydroxylation is 1. The molecule has 0 spiro atoms. The first-order valence-electron chi connectivity index (χ1n) is 7.90. The fourth-order valence-electron chi connectivity index (χ4n) is 1.86. The van der Waals surface area contributed by atoms with Crippen LogP contribution in [-0.4, -0.2) is 24.2 Å². The van der Waals surface area contributed by atoms with Gasteiger partial charge in [0.2, 0.25) is 5.88 Å². The van der Waals surface area contributed by atoms with E-state index in [1.807, 2.05) is 6.07 Å². The first-order valence-corrected chi connectivity index (χ1v) is 7.90. The maximum atomic E-state index is 5.02. The summed E-state index contributed by atoms with van der Waals surface area (Å²) in [6.07, 6.45) is 0. The standard InChI is InChI=1S/C10H14.C9H14N2O2/c1-8(2)10-6-4-9(3)5-7-10;1-6(2)7-5-8(12-3)11-9(10-7)13-4/h4-8H,1-3H3;5-6H,1-4H3. The average Bonchev–Trinajstić information content (AvgIpc) is 2.55. The molecule has 0 amide bonds. The zero-order valence-corrected chi connectivity index (χ0v) is 15.3. The van der Waals surface area contributed by atoms with Crippen molar-refractivity contribution in [3.63, 3.8) is 0 Å². The summed E-state index contributed by atoms with van der Waals surface area (Å²) in [7, 11) is 3.12. The van der Waals surface area contributed by atoms with E-state index in [9.17, 15) is 0 Å². The van der Waals surface area contributed by atoms with E-state index in [1.54, 1.807) is 14.2 Å². The van der Waals surface area contributed by atoms with Crippen LogP contribution in [-0.2, 0) is 0 Å². The molecule has 1 aromatic carbocycles. The summed E-state index contributed by atoms with van der Waals surface area (Å²) in [6, 6.07) is 10.9. The Balaban J connectivity index is 0.000000238. The summed E-state index contributed by atoms with van der Waals surface area (Å²) >= 11 is 0. The quantitative estimate of drug-likeness (QED) is 0.817. The van der Waals surface area contributed by atoms with Crippen molar-refractivity contribution < 1.29 is 9.47 Å². The van der Waals surface area contributed by atoms with E-state index in [1.165, 1.54) is 11.1 Å². The Morgan fingerprint density at radius 1 is 0.826 bits per heavy atom. The van der Waals surface area contributed by atoms with Gasteiger partial charge in [-0.05, 0) is 24.3 Å². The van der Waals surface area contributed by atoms with Gasteiger partial charge in [0, 0.05) is 6.07 Å². The highest BCUT2D eigenvalue weighted by molar-refractivity contribution is 5.23. The second kappa shape index (κ2) is 9.13. The van der Waals surface area contributed by atoms with Crippen LogP contribution in [0.5, 0.6) is 11.9 Å². The van der Waals surface area contributed by atoms with Gasteiger partial charge in [-0.3, -0.25) is 0 Å². The van der Waals surface area contributed by atoms with E-state index in [0.29, 0.717) is 23.7 Å². The molecule has 0 bridgehead atoms. The Kier molecular flexibility index (Phi) is 7.52. The second-order valence-electron chi connectivity index (χ2n) is 6.04. The summed E-state index contributed by atoms with van der Waals surface area (Å²) in [5.74, 6) is 1.53. The lowest BCUT2D eigenvalue weighted by molar-refractivity contribution is 0.349. The molecule has 0 atom stereocenters. The molecule has 0 unspecified atom stereocenters. The molecule has 1 heterocycles. The monoisotopic (exact) mass is 316 g/mol. The predicted molar refractivity (Wildman–Crippen MR) is 94.5 cm³/mol. The predicted octanol–water partition coefficient (Wildman–Crippen LogP) is 4.74. The highest BCUT2D eigenvalue weighted by atomic mass is 16.5. The van der Waals surface area contributed by atoms with Gasteiger partial charge in [-0.1, -0.05) is 57.5 Å². The molecular weight excluding hydrogens is 288 g/mol. The average molecular weight is 316 g/mol. The molecule has 126 valence electrons. The fourth-order valence-corrected chi connectivity index (χ4v) is 1.86. The normalized spacial score (nSPS) is 10.3. The number of rotatable bonds is 4. The Bertz CT molecular complexity index is 571. The SMILES string of the molecule is COc1cc(C(C)C)nc(OC)n1.Cc1ccc(C(C)C)cc1. The minimum absolute atomic E-state index is 0.339. The van der Waals surface area contributed by atoms with Crippen LogP contribution >= 0.6 is 0 Å². The summed E-state index contributed by atoms with van der Waals surface area (Å²) in [5.41, 5.74) is 3.68. The van der Waals surface area contributed by atoms with Gasteiger partial charge in [0.15, 0.2) is 0 Å². The Hall–Kier alpha value is -2.10. The number of nitrogens with zero attached hydrogens (tertiary/aromatic N) is 2. The Morgan fingerprint density at radius 2 is 1.43 bits per heavy atom. The Morgan fingerprint density at radius 3 is 1.87 bits per heavy atom. The molecule has 2 rings (SSSR count). The first kappa shape index (κ1) is 18.9. The molecule has 2 aromatic rings. The van der Waals surface area contributed by atoms with E-state index in [-0.39, 0.29) is 0 Å². The number of hydrogen-bond donors (Lipinski definition) is 0. The number of benzene rings is 1. The number of methoxy groups -OCH3 is 2. The van der Waals surface area contributed by atoms with Crippen LogP contribution in [0.4, 0.5) is 0 Å². The molecule has 1 aromatic heterocycles. The van der Waals surface area contributed by atoms with E-state index >= 15 is 0 Å². The lowest BCUT2D eigenvalue weighted by Gasteiger charge is -2.07. The molecule has 0 saturated heterocycles. The number of hydrogen-bond acceptors (Lipinski definition) is 4. The molecule has 0 fully saturated rings. The largest absolute Gasteiger partial charge is 0.481 e. The van der Waals surface area contributed by atoms with Crippen LogP contribution in [0.25, 0.3) is 0 Å². The van der Waals surface area contributed by atoms with Crippen LogP contribution in [0.1, 0.15) is 56.4 Å². The van der Waals surface area contributed by atoms with Crippen molar-refractivity contribution in [2.75, 3.05) is 14.2 Å². The maximum Gasteiger partial charge on any atom is 0.319 e. The first-order chi connectivity index (χ1) is 10.9. The highest BCUT2D eigenvalue weighted by Gasteiger charge is 2.07. The maximum absolute atomic E-state index is 5.02. The van der Waals surface area contributed by atoms with Gasteiger partial charge >= 0.3 is 6.01 Å². The van der Waals surface area contributed by atoms with Crippen molar-refractivity contribution in [2.45, 2.75) is 46.5 Å². The summed E-state index contributed by atoms with van der Waals surface area (Å²) < 4.78 is 9.96. The third-order valence-electron chi connectivity index (χ3n) is 3.43. The minimum atomic E-state index is 0.339. The van der Waals surface area contributed by atoms with Crippen molar-refractivity contribution in [1.29, 1.82) is 0 Å². The zero-order chi connectivity index (χ0) is 17.4. The van der Waals surface area contributed by atoms with Gasteiger partial charge in [0.1, 0.15) is 0 Å². The molecule has 0 N–H and O–H groups in total. The van der Waals surface area contributed by atoms with Crippen molar-refractivity contribution in [3.05, 3.63) is 47.2 Å². The molecule has 0 radical (unpaired) electrons. The molecular formula is C19H28N2O2. The van der Waals surface area contributed by atoms with Crippen LogP contribution < -0.4 is 9.47 Å². The zero-order valence-electron chi connectivity index (χ0n) is 15.3. The van der Waals surface area contributed by atoms with Crippen LogP contribution in [0, 0.1) is 6.92 Å². The lowest BCUT2D eigenvalue weighted by atomic mass is 10.0. The molecule has 0 aliphatic carbocycles. The van der Waals surface area contributed by atoms with E-state index in [4.69, 9.17) is 9.47 Å². The van der Waals surface area contributed by atoms with Crippen LogP contribution in [0.3, 0.4) is 0 Å². The molecule has 0 aliphatic rings. The highest BCUT2D eigenvalue weighted by Crippen LogP contribution is 2.19. The van der Waals surface area contributed by atoms with Crippen molar-refractivity contribution >= 4 is 0 Å². The van der Waals surface area contributed by atoms with Gasteiger partial charge in [0.05, 0.1) is 19.9 Å². The van der Waals surface area contributed by atoms with E-state index < -0.39 is 0 Å². The van der Waals surface area contributed by atoms with Crippen molar-refractivity contribution in [3.8, 4) is 11.9 Å². The summed E-state index contributed by atoms with van der Waals surface area (Å²) in [4.78, 5) is 8.18. The number of ether oxygens (including phenoxy) is 2. The lowest BCUT2D eigenvalue weighted by Crippen LogP contribution is -2.00. The molecule has 4 nitrogen and oxygen atoms in total. The smallest absolute Gasteiger partial charge is 0.319 e.